The summed E-state index contributed by atoms with van der Waals surface area (Å²) in [5.41, 5.74) is 0.0762. The molecule has 1 aromatic rings. The fraction of sp³-hybridized carbons (Fsp3) is 0.462. The first kappa shape index (κ1) is 13.6. The van der Waals surface area contributed by atoms with Crippen molar-refractivity contribution in [3.8, 4) is 5.75 Å². The Morgan fingerprint density at radius 2 is 2.12 bits per heavy atom. The fourth-order valence-corrected chi connectivity index (χ4v) is 1.65. The lowest BCUT2D eigenvalue weighted by molar-refractivity contribution is 0.0915. The summed E-state index contributed by atoms with van der Waals surface area (Å²) in [5, 5.41) is 0. The van der Waals surface area contributed by atoms with Crippen LogP contribution < -0.4 is 4.74 Å². The Balaban J connectivity index is 2.82. The standard InChI is InChI=1S/C13H17FO3/c1-9(8-16-2)7-11(15)10-5-4-6-12(17-3)13(10)14/h4-6,9H,7-8H2,1-3H3. The number of benzene rings is 1. The largest absolute Gasteiger partial charge is 0.494 e. The first-order chi connectivity index (χ1) is 8.10. The predicted molar refractivity (Wildman–Crippen MR) is 62.9 cm³/mol. The summed E-state index contributed by atoms with van der Waals surface area (Å²) in [6.45, 7) is 2.37. The van der Waals surface area contributed by atoms with E-state index < -0.39 is 5.82 Å². The lowest BCUT2D eigenvalue weighted by Gasteiger charge is -2.10. The third kappa shape index (κ3) is 3.53. The number of carbonyl (C=O) groups excluding carboxylic acids is 1. The molecule has 4 heteroatoms. The number of carbonyl (C=O) groups is 1. The summed E-state index contributed by atoms with van der Waals surface area (Å²) in [7, 11) is 2.95. The van der Waals surface area contributed by atoms with Gasteiger partial charge in [0, 0.05) is 20.1 Å². The van der Waals surface area contributed by atoms with Gasteiger partial charge in [-0.1, -0.05) is 13.0 Å². The zero-order chi connectivity index (χ0) is 12.8. The molecule has 0 amide bonds. The molecular formula is C13H17FO3. The molecule has 0 fully saturated rings. The van der Waals surface area contributed by atoms with E-state index in [2.05, 4.69) is 0 Å². The average molecular weight is 240 g/mol. The number of hydrogen-bond acceptors (Lipinski definition) is 3. The van der Waals surface area contributed by atoms with Gasteiger partial charge in [-0.15, -0.1) is 0 Å². The highest BCUT2D eigenvalue weighted by atomic mass is 19.1. The number of Topliss-reactive ketones (excluding diaryl/α,β-unsaturated/α-hetero) is 1. The van der Waals surface area contributed by atoms with Gasteiger partial charge >= 0.3 is 0 Å². The second-order valence-electron chi connectivity index (χ2n) is 4.01. The van der Waals surface area contributed by atoms with E-state index in [4.69, 9.17) is 9.47 Å². The number of halogens is 1. The number of rotatable bonds is 6. The first-order valence-electron chi connectivity index (χ1n) is 5.44. The van der Waals surface area contributed by atoms with Gasteiger partial charge in [-0.25, -0.2) is 4.39 Å². The minimum absolute atomic E-state index is 0.0677. The Bertz CT molecular complexity index is 390. The van der Waals surface area contributed by atoms with Gasteiger partial charge in [0.15, 0.2) is 17.3 Å². The summed E-state index contributed by atoms with van der Waals surface area (Å²) in [6, 6.07) is 4.57. The Hall–Kier alpha value is -1.42. The molecule has 0 spiro atoms. The van der Waals surface area contributed by atoms with Crippen molar-refractivity contribution in [2.24, 2.45) is 5.92 Å². The highest BCUT2D eigenvalue weighted by Crippen LogP contribution is 2.22. The molecule has 0 aliphatic carbocycles. The maximum Gasteiger partial charge on any atom is 0.175 e. The second kappa shape index (κ2) is 6.35. The third-order valence-corrected chi connectivity index (χ3v) is 2.47. The molecule has 1 atom stereocenters. The van der Waals surface area contributed by atoms with Crippen LogP contribution in [0.2, 0.25) is 0 Å². The average Bonchev–Trinajstić information content (AvgIpc) is 2.29. The van der Waals surface area contributed by atoms with Crippen LogP contribution in [-0.2, 0) is 4.74 Å². The van der Waals surface area contributed by atoms with E-state index in [9.17, 15) is 9.18 Å². The van der Waals surface area contributed by atoms with Crippen molar-refractivity contribution in [3.63, 3.8) is 0 Å². The van der Waals surface area contributed by atoms with E-state index in [0.29, 0.717) is 6.61 Å². The number of ether oxygens (including phenoxy) is 2. The topological polar surface area (TPSA) is 35.5 Å². The first-order valence-corrected chi connectivity index (χ1v) is 5.44. The normalized spacial score (nSPS) is 12.2. The van der Waals surface area contributed by atoms with Crippen LogP contribution in [0.5, 0.6) is 5.75 Å². The van der Waals surface area contributed by atoms with Crippen molar-refractivity contribution in [1.29, 1.82) is 0 Å². The van der Waals surface area contributed by atoms with Crippen LogP contribution >= 0.6 is 0 Å². The molecule has 1 unspecified atom stereocenters. The van der Waals surface area contributed by atoms with Crippen molar-refractivity contribution in [2.45, 2.75) is 13.3 Å². The summed E-state index contributed by atoms with van der Waals surface area (Å²) in [4.78, 5) is 11.9. The molecule has 1 rings (SSSR count). The Morgan fingerprint density at radius 3 is 2.71 bits per heavy atom. The summed E-state index contributed by atoms with van der Waals surface area (Å²) < 4.78 is 23.6. The molecular weight excluding hydrogens is 223 g/mol. The summed E-state index contributed by atoms with van der Waals surface area (Å²) in [6.07, 6.45) is 0.262. The lowest BCUT2D eigenvalue weighted by Crippen LogP contribution is -2.12. The van der Waals surface area contributed by atoms with Gasteiger partial charge in [0.25, 0.3) is 0 Å². The molecule has 0 N–H and O–H groups in total. The smallest absolute Gasteiger partial charge is 0.175 e. The minimum Gasteiger partial charge on any atom is -0.494 e. The van der Waals surface area contributed by atoms with Crippen LogP contribution in [0.4, 0.5) is 4.39 Å². The van der Waals surface area contributed by atoms with Crippen LogP contribution in [0, 0.1) is 11.7 Å². The van der Waals surface area contributed by atoms with Crippen LogP contribution in [-0.4, -0.2) is 26.6 Å². The minimum atomic E-state index is -0.593. The van der Waals surface area contributed by atoms with E-state index in [1.165, 1.54) is 19.2 Å². The predicted octanol–water partition coefficient (Wildman–Crippen LogP) is 2.69. The quantitative estimate of drug-likeness (QED) is 0.717. The van der Waals surface area contributed by atoms with Crippen molar-refractivity contribution < 1.29 is 18.7 Å². The molecule has 0 bridgehead atoms. The van der Waals surface area contributed by atoms with E-state index in [1.807, 2.05) is 6.92 Å². The fourth-order valence-electron chi connectivity index (χ4n) is 1.65. The summed E-state index contributed by atoms with van der Waals surface area (Å²) in [5.74, 6) is -0.663. The van der Waals surface area contributed by atoms with Crippen LogP contribution in [0.1, 0.15) is 23.7 Å². The SMILES string of the molecule is COCC(C)CC(=O)c1cccc(OC)c1F. The van der Waals surface area contributed by atoms with E-state index in [1.54, 1.807) is 13.2 Å². The van der Waals surface area contributed by atoms with Crippen molar-refractivity contribution in [3.05, 3.63) is 29.6 Å². The van der Waals surface area contributed by atoms with Gasteiger partial charge in [0.05, 0.1) is 12.7 Å². The molecule has 3 nitrogen and oxygen atoms in total. The Morgan fingerprint density at radius 1 is 1.41 bits per heavy atom. The molecule has 0 aliphatic rings. The lowest BCUT2D eigenvalue weighted by atomic mass is 10.00. The maximum atomic E-state index is 13.8. The highest BCUT2D eigenvalue weighted by Gasteiger charge is 2.17. The molecule has 0 aromatic heterocycles. The molecule has 94 valence electrons. The Labute approximate surface area is 101 Å². The van der Waals surface area contributed by atoms with Gasteiger partial charge in [0.2, 0.25) is 0 Å². The monoisotopic (exact) mass is 240 g/mol. The summed E-state index contributed by atoms with van der Waals surface area (Å²) >= 11 is 0. The zero-order valence-electron chi connectivity index (χ0n) is 10.3. The number of methoxy groups -OCH3 is 2. The number of hydrogen-bond donors (Lipinski definition) is 0. The molecule has 0 heterocycles. The van der Waals surface area contributed by atoms with E-state index in [-0.39, 0.29) is 29.4 Å². The highest BCUT2D eigenvalue weighted by molar-refractivity contribution is 5.96. The molecule has 0 aliphatic heterocycles. The zero-order valence-corrected chi connectivity index (χ0v) is 10.3. The van der Waals surface area contributed by atoms with Crippen LogP contribution in [0.25, 0.3) is 0 Å². The molecule has 0 saturated carbocycles. The van der Waals surface area contributed by atoms with Gasteiger partial charge in [-0.3, -0.25) is 4.79 Å². The van der Waals surface area contributed by atoms with Crippen molar-refractivity contribution >= 4 is 5.78 Å². The van der Waals surface area contributed by atoms with Gasteiger partial charge in [-0.05, 0) is 18.1 Å². The van der Waals surface area contributed by atoms with Gasteiger partial charge in [0.1, 0.15) is 0 Å². The van der Waals surface area contributed by atoms with Gasteiger partial charge < -0.3 is 9.47 Å². The number of ketones is 1. The van der Waals surface area contributed by atoms with Crippen LogP contribution in [0.15, 0.2) is 18.2 Å². The molecule has 0 saturated heterocycles. The molecule has 0 radical (unpaired) electrons. The van der Waals surface area contributed by atoms with E-state index >= 15 is 0 Å². The maximum absolute atomic E-state index is 13.8. The van der Waals surface area contributed by atoms with E-state index in [0.717, 1.165) is 0 Å². The molecule has 17 heavy (non-hydrogen) atoms. The molecule has 1 aromatic carbocycles. The third-order valence-electron chi connectivity index (χ3n) is 2.47. The second-order valence-corrected chi connectivity index (χ2v) is 4.01. The Kier molecular flexibility index (Phi) is 5.10. The van der Waals surface area contributed by atoms with Crippen LogP contribution in [0.3, 0.4) is 0 Å². The van der Waals surface area contributed by atoms with Crippen molar-refractivity contribution in [1.82, 2.24) is 0 Å². The van der Waals surface area contributed by atoms with Crippen molar-refractivity contribution in [2.75, 3.05) is 20.8 Å². The van der Waals surface area contributed by atoms with Gasteiger partial charge in [-0.2, -0.15) is 0 Å².